The molecule has 0 unspecified atom stereocenters. The Morgan fingerprint density at radius 1 is 1.42 bits per heavy atom. The van der Waals surface area contributed by atoms with Crippen molar-refractivity contribution in [2.75, 3.05) is 11.9 Å². The van der Waals surface area contributed by atoms with E-state index in [0.717, 1.165) is 24.4 Å². The number of furan rings is 1. The van der Waals surface area contributed by atoms with Crippen molar-refractivity contribution in [2.24, 2.45) is 0 Å². The first-order chi connectivity index (χ1) is 9.31. The molecule has 0 atom stereocenters. The first-order valence-electron chi connectivity index (χ1n) is 6.29. The van der Waals surface area contributed by atoms with Gasteiger partial charge in [-0.05, 0) is 24.6 Å². The quantitative estimate of drug-likeness (QED) is 0.836. The van der Waals surface area contributed by atoms with Crippen LogP contribution in [-0.2, 0) is 6.54 Å². The lowest BCUT2D eigenvalue weighted by molar-refractivity contribution is 0.0948. The number of carbonyl (C=O) groups is 1. The number of hydrogen-bond acceptors (Lipinski definition) is 4. The minimum absolute atomic E-state index is 0.141. The molecule has 2 heterocycles. The molecule has 5 heteroatoms. The molecule has 2 aromatic rings. The van der Waals surface area contributed by atoms with Crippen molar-refractivity contribution in [1.29, 1.82) is 0 Å². The van der Waals surface area contributed by atoms with Gasteiger partial charge in [-0.15, -0.1) is 0 Å². The number of carbonyl (C=O) groups excluding carboxylic acids is 1. The summed E-state index contributed by atoms with van der Waals surface area (Å²) in [6.07, 6.45) is 5.85. The third kappa shape index (κ3) is 3.58. The van der Waals surface area contributed by atoms with Crippen LogP contribution in [0.3, 0.4) is 0 Å². The molecule has 0 fully saturated rings. The number of pyridine rings is 1. The molecular weight excluding hydrogens is 242 g/mol. The van der Waals surface area contributed by atoms with Crippen LogP contribution in [0.4, 0.5) is 5.69 Å². The van der Waals surface area contributed by atoms with Crippen molar-refractivity contribution in [3.63, 3.8) is 0 Å². The minimum atomic E-state index is -0.141. The Bertz CT molecular complexity index is 523. The topological polar surface area (TPSA) is 67.2 Å². The molecular formula is C14H17N3O2. The van der Waals surface area contributed by atoms with E-state index < -0.39 is 0 Å². The number of anilines is 1. The van der Waals surface area contributed by atoms with Crippen molar-refractivity contribution < 1.29 is 9.21 Å². The van der Waals surface area contributed by atoms with Gasteiger partial charge >= 0.3 is 0 Å². The van der Waals surface area contributed by atoms with Gasteiger partial charge in [0.25, 0.3) is 5.91 Å². The van der Waals surface area contributed by atoms with Crippen molar-refractivity contribution in [2.45, 2.75) is 19.9 Å². The fraction of sp³-hybridized carbons (Fsp3) is 0.286. The molecule has 0 saturated carbocycles. The van der Waals surface area contributed by atoms with E-state index in [1.165, 1.54) is 0 Å². The summed E-state index contributed by atoms with van der Waals surface area (Å²) in [6, 6.07) is 5.32. The van der Waals surface area contributed by atoms with Crippen molar-refractivity contribution >= 4 is 11.6 Å². The maximum absolute atomic E-state index is 12.1. The second-order valence-corrected chi connectivity index (χ2v) is 4.11. The van der Waals surface area contributed by atoms with Crippen LogP contribution < -0.4 is 10.6 Å². The smallest absolute Gasteiger partial charge is 0.253 e. The van der Waals surface area contributed by atoms with E-state index in [2.05, 4.69) is 22.5 Å². The predicted molar refractivity (Wildman–Crippen MR) is 72.9 cm³/mol. The van der Waals surface area contributed by atoms with E-state index in [1.807, 2.05) is 6.07 Å². The monoisotopic (exact) mass is 259 g/mol. The second kappa shape index (κ2) is 6.58. The molecule has 5 nitrogen and oxygen atoms in total. The first-order valence-corrected chi connectivity index (χ1v) is 6.29. The molecule has 2 aromatic heterocycles. The number of nitrogens with one attached hydrogen (secondary N) is 2. The number of hydrogen-bond donors (Lipinski definition) is 2. The summed E-state index contributed by atoms with van der Waals surface area (Å²) < 4.78 is 5.17. The highest BCUT2D eigenvalue weighted by atomic mass is 16.3. The van der Waals surface area contributed by atoms with Gasteiger partial charge in [-0.1, -0.05) is 6.92 Å². The van der Waals surface area contributed by atoms with Gasteiger partial charge in [0.2, 0.25) is 0 Å². The van der Waals surface area contributed by atoms with Crippen LogP contribution >= 0.6 is 0 Å². The summed E-state index contributed by atoms with van der Waals surface area (Å²) in [5.74, 6) is 0.586. The molecule has 0 spiro atoms. The summed E-state index contributed by atoms with van der Waals surface area (Å²) in [7, 11) is 0. The Hall–Kier alpha value is -2.30. The van der Waals surface area contributed by atoms with Crippen molar-refractivity contribution in [3.05, 3.63) is 48.2 Å². The lowest BCUT2D eigenvalue weighted by atomic mass is 10.2. The summed E-state index contributed by atoms with van der Waals surface area (Å²) in [5.41, 5.74) is 1.34. The van der Waals surface area contributed by atoms with E-state index in [4.69, 9.17) is 4.42 Å². The Morgan fingerprint density at radius 2 is 2.32 bits per heavy atom. The lowest BCUT2D eigenvalue weighted by Crippen LogP contribution is -2.24. The van der Waals surface area contributed by atoms with Gasteiger partial charge < -0.3 is 15.1 Å². The molecule has 19 heavy (non-hydrogen) atoms. The van der Waals surface area contributed by atoms with Crippen LogP contribution in [0.5, 0.6) is 0 Å². The molecule has 0 aliphatic heterocycles. The highest BCUT2D eigenvalue weighted by molar-refractivity contribution is 5.99. The molecule has 0 radical (unpaired) electrons. The van der Waals surface area contributed by atoms with E-state index >= 15 is 0 Å². The molecule has 2 rings (SSSR count). The number of amides is 1. The van der Waals surface area contributed by atoms with Crippen LogP contribution in [-0.4, -0.2) is 17.4 Å². The number of rotatable bonds is 6. The van der Waals surface area contributed by atoms with Crippen LogP contribution in [0.25, 0.3) is 0 Å². The third-order valence-electron chi connectivity index (χ3n) is 2.63. The van der Waals surface area contributed by atoms with E-state index in [9.17, 15) is 4.79 Å². The summed E-state index contributed by atoms with van der Waals surface area (Å²) >= 11 is 0. The average molecular weight is 259 g/mol. The Morgan fingerprint density at radius 3 is 3.05 bits per heavy atom. The van der Waals surface area contributed by atoms with Gasteiger partial charge in [-0.25, -0.2) is 0 Å². The van der Waals surface area contributed by atoms with E-state index in [1.54, 1.807) is 30.8 Å². The lowest BCUT2D eigenvalue weighted by Gasteiger charge is -2.10. The molecule has 100 valence electrons. The molecule has 1 amide bonds. The minimum Gasteiger partial charge on any atom is -0.467 e. The van der Waals surface area contributed by atoms with Gasteiger partial charge in [-0.3, -0.25) is 9.78 Å². The zero-order valence-corrected chi connectivity index (χ0v) is 10.8. The summed E-state index contributed by atoms with van der Waals surface area (Å²) in [6.45, 7) is 3.26. The first kappa shape index (κ1) is 13.1. The number of aromatic nitrogens is 1. The van der Waals surface area contributed by atoms with Crippen molar-refractivity contribution in [1.82, 2.24) is 10.3 Å². The molecule has 2 N–H and O–H groups in total. The standard InChI is InChI=1S/C14H17N3O2/c1-2-6-16-13-10-15-7-5-12(13)14(18)17-9-11-4-3-8-19-11/h3-5,7-8,10,16H,2,6,9H2,1H3,(H,17,18). The van der Waals surface area contributed by atoms with Crippen molar-refractivity contribution in [3.8, 4) is 0 Å². The maximum atomic E-state index is 12.1. The Kier molecular flexibility index (Phi) is 4.55. The fourth-order valence-corrected chi connectivity index (χ4v) is 1.67. The largest absolute Gasteiger partial charge is 0.467 e. The average Bonchev–Trinajstić information content (AvgIpc) is 2.96. The highest BCUT2D eigenvalue weighted by Crippen LogP contribution is 2.13. The van der Waals surface area contributed by atoms with Gasteiger partial charge in [-0.2, -0.15) is 0 Å². The summed E-state index contributed by atoms with van der Waals surface area (Å²) in [5, 5.41) is 6.01. The van der Waals surface area contributed by atoms with Gasteiger partial charge in [0, 0.05) is 12.7 Å². The van der Waals surface area contributed by atoms with Gasteiger partial charge in [0.05, 0.1) is 30.3 Å². The predicted octanol–water partition coefficient (Wildman–Crippen LogP) is 2.43. The van der Waals surface area contributed by atoms with Gasteiger partial charge in [0.15, 0.2) is 0 Å². The van der Waals surface area contributed by atoms with Crippen LogP contribution in [0.15, 0.2) is 41.3 Å². The summed E-state index contributed by atoms with van der Waals surface area (Å²) in [4.78, 5) is 16.1. The second-order valence-electron chi connectivity index (χ2n) is 4.11. The number of nitrogens with zero attached hydrogens (tertiary/aromatic N) is 1. The highest BCUT2D eigenvalue weighted by Gasteiger charge is 2.11. The van der Waals surface area contributed by atoms with E-state index in [-0.39, 0.29) is 5.91 Å². The van der Waals surface area contributed by atoms with Crippen LogP contribution in [0, 0.1) is 0 Å². The van der Waals surface area contributed by atoms with Gasteiger partial charge in [0.1, 0.15) is 5.76 Å². The fourth-order valence-electron chi connectivity index (χ4n) is 1.67. The molecule has 0 aliphatic carbocycles. The van der Waals surface area contributed by atoms with E-state index in [0.29, 0.717) is 12.1 Å². The normalized spacial score (nSPS) is 10.2. The maximum Gasteiger partial charge on any atom is 0.253 e. The molecule has 0 aliphatic rings. The SMILES string of the molecule is CCCNc1cnccc1C(=O)NCc1ccco1. The van der Waals surface area contributed by atoms with Crippen LogP contribution in [0.2, 0.25) is 0 Å². The molecule has 0 aromatic carbocycles. The zero-order valence-electron chi connectivity index (χ0n) is 10.8. The Labute approximate surface area is 112 Å². The van der Waals surface area contributed by atoms with Crippen LogP contribution in [0.1, 0.15) is 29.5 Å². The Balaban J connectivity index is 2.01. The zero-order chi connectivity index (χ0) is 13.5. The molecule has 0 saturated heterocycles. The molecule has 0 bridgehead atoms. The third-order valence-corrected chi connectivity index (χ3v) is 2.63.